The molecule has 0 aliphatic carbocycles. The number of amides is 2. The van der Waals surface area contributed by atoms with Crippen LogP contribution in [-0.2, 0) is 26.1 Å². The van der Waals surface area contributed by atoms with Gasteiger partial charge >= 0.3 is 6.09 Å². The maximum absolute atomic E-state index is 12.5. The maximum Gasteiger partial charge on any atom is 0.409 e. The number of piperazine rings is 1. The molecule has 2 amide bonds. The molecule has 2 heterocycles. The Morgan fingerprint density at radius 1 is 1.17 bits per heavy atom. The summed E-state index contributed by atoms with van der Waals surface area (Å²) in [5, 5.41) is 0.616. The second kappa shape index (κ2) is 10.1. The van der Waals surface area contributed by atoms with Gasteiger partial charge < -0.3 is 19.0 Å². The molecule has 30 heavy (non-hydrogen) atoms. The smallest absolute Gasteiger partial charge is 0.409 e. The molecule has 8 nitrogen and oxygen atoms in total. The predicted molar refractivity (Wildman–Crippen MR) is 114 cm³/mol. The van der Waals surface area contributed by atoms with E-state index in [0.29, 0.717) is 55.2 Å². The van der Waals surface area contributed by atoms with Crippen molar-refractivity contribution in [2.24, 2.45) is 0 Å². The van der Waals surface area contributed by atoms with Crippen molar-refractivity contribution >= 4 is 34.4 Å². The van der Waals surface area contributed by atoms with Gasteiger partial charge in [0.05, 0.1) is 18.1 Å². The molecule has 0 radical (unpaired) electrons. The molecule has 1 saturated heterocycles. The summed E-state index contributed by atoms with van der Waals surface area (Å²) in [5.74, 6) is 0.844. The Morgan fingerprint density at radius 3 is 2.43 bits per heavy atom. The van der Waals surface area contributed by atoms with Crippen molar-refractivity contribution in [3.63, 3.8) is 0 Å². The van der Waals surface area contributed by atoms with Crippen LogP contribution in [0.5, 0.6) is 0 Å². The van der Waals surface area contributed by atoms with Crippen molar-refractivity contribution in [1.82, 2.24) is 14.8 Å². The molecule has 1 aliphatic heterocycles. The average Bonchev–Trinajstić information content (AvgIpc) is 3.08. The van der Waals surface area contributed by atoms with E-state index in [9.17, 15) is 13.8 Å². The third-order valence-corrected chi connectivity index (χ3v) is 6.14. The lowest BCUT2D eigenvalue weighted by atomic mass is 10.2. The normalized spacial score (nSPS) is 15.2. The Bertz CT molecular complexity index is 923. The number of rotatable bonds is 6. The van der Waals surface area contributed by atoms with E-state index < -0.39 is 10.8 Å². The second-order valence-electron chi connectivity index (χ2n) is 6.82. The topological polar surface area (TPSA) is 93.0 Å². The molecular formula is C20H24ClN3O5S. The Hall–Kier alpha value is -2.39. The van der Waals surface area contributed by atoms with E-state index in [1.807, 2.05) is 0 Å². The highest BCUT2D eigenvalue weighted by atomic mass is 35.5. The summed E-state index contributed by atoms with van der Waals surface area (Å²) in [6, 6.07) is 7.09. The van der Waals surface area contributed by atoms with Crippen LogP contribution in [0, 0.1) is 6.92 Å². The molecule has 10 heteroatoms. The minimum atomic E-state index is -1.42. The lowest BCUT2D eigenvalue weighted by molar-refractivity contribution is -0.129. The SMILES string of the molecule is CCOC(=O)N1CCN(C(=O)CS(=O)Cc2nc(-c3ccc(Cl)cc3)oc2C)CC1. The van der Waals surface area contributed by atoms with Gasteiger partial charge in [0.25, 0.3) is 0 Å². The predicted octanol–water partition coefficient (Wildman–Crippen LogP) is 2.85. The Balaban J connectivity index is 1.53. The number of halogens is 1. The highest BCUT2D eigenvalue weighted by Crippen LogP contribution is 2.24. The molecule has 1 aromatic heterocycles. The molecule has 1 aliphatic rings. The number of oxazole rings is 1. The van der Waals surface area contributed by atoms with E-state index >= 15 is 0 Å². The van der Waals surface area contributed by atoms with Gasteiger partial charge in [-0.15, -0.1) is 0 Å². The lowest BCUT2D eigenvalue weighted by Gasteiger charge is -2.34. The van der Waals surface area contributed by atoms with E-state index in [1.165, 1.54) is 0 Å². The van der Waals surface area contributed by atoms with Crippen LogP contribution in [0.2, 0.25) is 5.02 Å². The van der Waals surface area contributed by atoms with Crippen LogP contribution in [0.1, 0.15) is 18.4 Å². The molecule has 0 saturated carbocycles. The van der Waals surface area contributed by atoms with Gasteiger partial charge in [-0.1, -0.05) is 11.6 Å². The monoisotopic (exact) mass is 453 g/mol. The first-order valence-corrected chi connectivity index (χ1v) is 11.5. The first kappa shape index (κ1) is 22.3. The van der Waals surface area contributed by atoms with Crippen molar-refractivity contribution in [2.45, 2.75) is 19.6 Å². The summed E-state index contributed by atoms with van der Waals surface area (Å²) < 4.78 is 23.2. The van der Waals surface area contributed by atoms with Crippen LogP contribution in [0.4, 0.5) is 4.79 Å². The van der Waals surface area contributed by atoms with Crippen molar-refractivity contribution in [1.29, 1.82) is 0 Å². The first-order chi connectivity index (χ1) is 14.4. The molecule has 2 aromatic rings. The molecule has 0 spiro atoms. The Morgan fingerprint density at radius 2 is 1.80 bits per heavy atom. The van der Waals surface area contributed by atoms with E-state index in [4.69, 9.17) is 20.8 Å². The van der Waals surface area contributed by atoms with Crippen LogP contribution >= 0.6 is 11.6 Å². The molecule has 1 atom stereocenters. The van der Waals surface area contributed by atoms with Gasteiger partial charge in [-0.05, 0) is 38.1 Å². The average molecular weight is 454 g/mol. The molecule has 162 valence electrons. The highest BCUT2D eigenvalue weighted by molar-refractivity contribution is 7.84. The van der Waals surface area contributed by atoms with Crippen molar-refractivity contribution in [2.75, 3.05) is 38.5 Å². The number of hydrogen-bond donors (Lipinski definition) is 0. The number of carbonyl (C=O) groups is 2. The third kappa shape index (κ3) is 5.60. The van der Waals surface area contributed by atoms with E-state index in [0.717, 1.165) is 5.56 Å². The fourth-order valence-corrected chi connectivity index (χ4v) is 4.32. The highest BCUT2D eigenvalue weighted by Gasteiger charge is 2.26. The van der Waals surface area contributed by atoms with Crippen LogP contribution in [0.25, 0.3) is 11.5 Å². The van der Waals surface area contributed by atoms with Crippen molar-refractivity contribution < 1.29 is 23.0 Å². The summed E-state index contributed by atoms with van der Waals surface area (Å²) >= 11 is 5.90. The molecule has 1 aromatic carbocycles. The largest absolute Gasteiger partial charge is 0.450 e. The molecule has 3 rings (SSSR count). The quantitative estimate of drug-likeness (QED) is 0.667. The van der Waals surface area contributed by atoms with E-state index in [2.05, 4.69) is 4.98 Å². The van der Waals surface area contributed by atoms with E-state index in [-0.39, 0.29) is 23.5 Å². The lowest BCUT2D eigenvalue weighted by Crippen LogP contribution is -2.51. The van der Waals surface area contributed by atoms with Gasteiger partial charge in [0, 0.05) is 47.6 Å². The van der Waals surface area contributed by atoms with Gasteiger partial charge in [-0.2, -0.15) is 0 Å². The number of aromatic nitrogens is 1. The molecule has 0 N–H and O–H groups in total. The summed E-state index contributed by atoms with van der Waals surface area (Å²) in [4.78, 5) is 31.9. The number of benzene rings is 1. The minimum Gasteiger partial charge on any atom is -0.450 e. The van der Waals surface area contributed by atoms with Gasteiger partial charge in [0.15, 0.2) is 0 Å². The van der Waals surface area contributed by atoms with Crippen molar-refractivity contribution in [3.05, 3.63) is 40.7 Å². The summed E-state index contributed by atoms with van der Waals surface area (Å²) in [5.41, 5.74) is 1.34. The van der Waals surface area contributed by atoms with Crippen LogP contribution in [0.3, 0.4) is 0 Å². The van der Waals surface area contributed by atoms with Gasteiger partial charge in [0.2, 0.25) is 11.8 Å². The zero-order valence-electron chi connectivity index (χ0n) is 16.9. The van der Waals surface area contributed by atoms with Gasteiger partial charge in [0.1, 0.15) is 11.5 Å². The molecular weight excluding hydrogens is 430 g/mol. The summed E-state index contributed by atoms with van der Waals surface area (Å²) in [6.07, 6.45) is -0.369. The zero-order valence-corrected chi connectivity index (χ0v) is 18.5. The minimum absolute atomic E-state index is 0.0953. The van der Waals surface area contributed by atoms with Crippen molar-refractivity contribution in [3.8, 4) is 11.5 Å². The molecule has 1 unspecified atom stereocenters. The number of nitrogens with zero attached hydrogens (tertiary/aromatic N) is 3. The fourth-order valence-electron chi connectivity index (χ4n) is 3.06. The zero-order chi connectivity index (χ0) is 21.7. The fraction of sp³-hybridized carbons (Fsp3) is 0.450. The Kier molecular flexibility index (Phi) is 7.49. The maximum atomic E-state index is 12.5. The number of aryl methyl sites for hydroxylation is 1. The molecule has 0 bridgehead atoms. The first-order valence-electron chi connectivity index (χ1n) is 9.64. The van der Waals surface area contributed by atoms with Crippen LogP contribution in [0.15, 0.2) is 28.7 Å². The summed E-state index contributed by atoms with van der Waals surface area (Å²) in [7, 11) is -1.42. The van der Waals surface area contributed by atoms with Crippen LogP contribution < -0.4 is 0 Å². The van der Waals surface area contributed by atoms with Gasteiger partial charge in [-0.25, -0.2) is 9.78 Å². The van der Waals surface area contributed by atoms with Gasteiger partial charge in [-0.3, -0.25) is 9.00 Å². The second-order valence-corrected chi connectivity index (χ2v) is 8.72. The van der Waals surface area contributed by atoms with Crippen LogP contribution in [-0.4, -0.2) is 69.5 Å². The molecule has 1 fully saturated rings. The van der Waals surface area contributed by atoms with E-state index in [1.54, 1.807) is 47.9 Å². The Labute approximate surface area is 182 Å². The number of carbonyl (C=O) groups excluding carboxylic acids is 2. The number of ether oxygens (including phenoxy) is 1. The number of hydrogen-bond acceptors (Lipinski definition) is 6. The third-order valence-electron chi connectivity index (χ3n) is 4.72. The standard InChI is InChI=1S/C20H24ClN3O5S/c1-3-28-20(26)24-10-8-23(9-11-24)18(25)13-30(27)12-17-14(2)29-19(22-17)15-4-6-16(21)7-5-15/h4-7H,3,8-13H2,1-2H3. The summed E-state index contributed by atoms with van der Waals surface area (Å²) in [6.45, 7) is 5.45.